The molecule has 0 aromatic heterocycles. The number of hydrogen-bond acceptors (Lipinski definition) is 3. The van der Waals surface area contributed by atoms with Gasteiger partial charge in [-0.05, 0) is 37.6 Å². The molecule has 0 amide bonds. The lowest BCUT2D eigenvalue weighted by atomic mass is 9.79. The molecule has 3 aromatic rings. The Kier molecular flexibility index (Phi) is 6.53. The van der Waals surface area contributed by atoms with Crippen molar-refractivity contribution < 1.29 is 4.84 Å². The average Bonchev–Trinajstić information content (AvgIpc) is 2.78. The van der Waals surface area contributed by atoms with E-state index in [0.717, 1.165) is 17.7 Å². The van der Waals surface area contributed by atoms with Crippen LogP contribution in [0, 0.1) is 19.8 Å². The lowest BCUT2D eigenvalue weighted by Gasteiger charge is -2.44. The number of piperidine rings is 1. The Morgan fingerprint density at radius 1 is 0.839 bits per heavy atom. The van der Waals surface area contributed by atoms with E-state index in [-0.39, 0.29) is 18.0 Å². The normalized spacial score (nSPS) is 23.1. The minimum absolute atomic E-state index is 0.250. The van der Waals surface area contributed by atoms with Crippen molar-refractivity contribution in [2.45, 2.75) is 45.9 Å². The van der Waals surface area contributed by atoms with E-state index in [1.165, 1.54) is 22.3 Å². The fourth-order valence-electron chi connectivity index (χ4n) is 4.57. The van der Waals surface area contributed by atoms with Crippen molar-refractivity contribution in [2.24, 2.45) is 11.1 Å². The Labute approximate surface area is 186 Å². The zero-order valence-corrected chi connectivity index (χ0v) is 19.0. The van der Waals surface area contributed by atoms with E-state index in [1.54, 1.807) is 0 Å². The van der Waals surface area contributed by atoms with Crippen molar-refractivity contribution >= 4 is 5.71 Å². The minimum Gasteiger partial charge on any atom is -0.391 e. The molecule has 31 heavy (non-hydrogen) atoms. The van der Waals surface area contributed by atoms with E-state index < -0.39 is 0 Å². The van der Waals surface area contributed by atoms with Gasteiger partial charge in [-0.3, -0.25) is 4.90 Å². The summed E-state index contributed by atoms with van der Waals surface area (Å²) in [4.78, 5) is 8.35. The first-order valence-corrected chi connectivity index (χ1v) is 11.1. The summed E-state index contributed by atoms with van der Waals surface area (Å²) in [6, 6.07) is 28.6. The molecule has 3 nitrogen and oxygen atoms in total. The first-order valence-electron chi connectivity index (χ1n) is 11.1. The lowest BCUT2D eigenvalue weighted by molar-refractivity contribution is 0.105. The number of oxime groups is 1. The fourth-order valence-corrected chi connectivity index (χ4v) is 4.57. The molecule has 0 aliphatic carbocycles. The summed E-state index contributed by atoms with van der Waals surface area (Å²) < 4.78 is 0. The molecule has 1 heterocycles. The van der Waals surface area contributed by atoms with Gasteiger partial charge in [0.15, 0.2) is 0 Å². The Morgan fingerprint density at radius 2 is 1.42 bits per heavy atom. The first kappa shape index (κ1) is 21.3. The van der Waals surface area contributed by atoms with Crippen LogP contribution in [0.25, 0.3) is 0 Å². The predicted molar refractivity (Wildman–Crippen MR) is 128 cm³/mol. The predicted octanol–water partition coefficient (Wildman–Crippen LogP) is 6.63. The van der Waals surface area contributed by atoms with Gasteiger partial charge in [0.05, 0.1) is 5.71 Å². The molecule has 0 radical (unpaired) electrons. The molecule has 160 valence electrons. The van der Waals surface area contributed by atoms with Gasteiger partial charge in [-0.25, -0.2) is 0 Å². The summed E-state index contributed by atoms with van der Waals surface area (Å²) in [6.07, 6.45) is 0.873. The summed E-state index contributed by atoms with van der Waals surface area (Å²) in [7, 11) is 2.24. The van der Waals surface area contributed by atoms with Crippen LogP contribution in [0.1, 0.15) is 53.2 Å². The second kappa shape index (κ2) is 9.49. The van der Waals surface area contributed by atoms with E-state index in [0.29, 0.717) is 6.61 Å². The van der Waals surface area contributed by atoms with Crippen LogP contribution in [0.3, 0.4) is 0 Å². The molecule has 3 unspecified atom stereocenters. The topological polar surface area (TPSA) is 24.8 Å². The van der Waals surface area contributed by atoms with Gasteiger partial charge in [0.2, 0.25) is 0 Å². The number of benzene rings is 3. The molecule has 0 spiro atoms. The van der Waals surface area contributed by atoms with Crippen molar-refractivity contribution in [2.75, 3.05) is 7.05 Å². The van der Waals surface area contributed by atoms with Crippen molar-refractivity contribution in [3.63, 3.8) is 0 Å². The van der Waals surface area contributed by atoms with Crippen molar-refractivity contribution in [1.82, 2.24) is 4.90 Å². The van der Waals surface area contributed by atoms with Gasteiger partial charge >= 0.3 is 0 Å². The van der Waals surface area contributed by atoms with Crippen LogP contribution >= 0.6 is 0 Å². The summed E-state index contributed by atoms with van der Waals surface area (Å²) >= 11 is 0. The molecule has 0 bridgehead atoms. The summed E-state index contributed by atoms with van der Waals surface area (Å²) in [5, 5.41) is 4.67. The van der Waals surface area contributed by atoms with Crippen LogP contribution in [0.15, 0.2) is 84.0 Å². The Hall–Kier alpha value is -2.91. The monoisotopic (exact) mass is 412 g/mol. The maximum absolute atomic E-state index is 5.84. The van der Waals surface area contributed by atoms with Crippen molar-refractivity contribution in [1.29, 1.82) is 0 Å². The fraction of sp³-hybridized carbons (Fsp3) is 0.321. The first-order chi connectivity index (χ1) is 15.0. The van der Waals surface area contributed by atoms with E-state index in [1.807, 2.05) is 18.2 Å². The molecule has 1 fully saturated rings. The highest BCUT2D eigenvalue weighted by Crippen LogP contribution is 2.42. The summed E-state index contributed by atoms with van der Waals surface area (Å²) in [5.74, 6) is 0.269. The molecule has 3 atom stereocenters. The molecular formula is C28H32N2O. The molecular weight excluding hydrogens is 380 g/mol. The van der Waals surface area contributed by atoms with Crippen LogP contribution in [0.5, 0.6) is 0 Å². The Morgan fingerprint density at radius 3 is 2.03 bits per heavy atom. The number of rotatable bonds is 5. The second-order valence-electron chi connectivity index (χ2n) is 8.78. The number of hydrogen-bond donors (Lipinski definition) is 0. The van der Waals surface area contributed by atoms with Gasteiger partial charge in [0.1, 0.15) is 6.61 Å². The quantitative estimate of drug-likeness (QED) is 0.439. The smallest absolute Gasteiger partial charge is 0.142 e. The van der Waals surface area contributed by atoms with Gasteiger partial charge in [0, 0.05) is 24.4 Å². The van der Waals surface area contributed by atoms with Gasteiger partial charge in [0.25, 0.3) is 0 Å². The maximum Gasteiger partial charge on any atom is 0.142 e. The van der Waals surface area contributed by atoms with Crippen LogP contribution in [-0.4, -0.2) is 17.7 Å². The van der Waals surface area contributed by atoms with E-state index in [4.69, 9.17) is 4.84 Å². The van der Waals surface area contributed by atoms with Crippen molar-refractivity contribution in [3.05, 3.63) is 107 Å². The molecule has 1 aliphatic rings. The standard InChI is InChI=1S/C28H32N2O/c1-20-10-14-24(15-11-20)27-18-26(29-31-19-23-8-6-5-7-9-23)22(3)28(30(27)4)25-16-12-21(2)13-17-25/h5-17,22,27-28H,18-19H2,1-4H3/b29-26+. The highest BCUT2D eigenvalue weighted by molar-refractivity contribution is 5.88. The van der Waals surface area contributed by atoms with Crippen LogP contribution in [-0.2, 0) is 11.4 Å². The SMILES string of the molecule is Cc1ccc(C2C/C(=N\OCc3ccccc3)C(C)C(c3ccc(C)cc3)N2C)cc1. The van der Waals surface area contributed by atoms with E-state index in [2.05, 4.69) is 98.5 Å². The number of aryl methyl sites for hydroxylation is 2. The van der Waals surface area contributed by atoms with Crippen molar-refractivity contribution in [3.8, 4) is 0 Å². The highest BCUT2D eigenvalue weighted by atomic mass is 16.6. The van der Waals surface area contributed by atoms with Gasteiger partial charge < -0.3 is 4.84 Å². The third-order valence-electron chi connectivity index (χ3n) is 6.47. The summed E-state index contributed by atoms with van der Waals surface area (Å²) in [6.45, 7) is 7.04. The molecule has 3 aromatic carbocycles. The highest BCUT2D eigenvalue weighted by Gasteiger charge is 2.38. The number of likely N-dealkylation sites (tertiary alicyclic amines) is 1. The Bertz CT molecular complexity index is 1010. The largest absolute Gasteiger partial charge is 0.391 e. The third-order valence-corrected chi connectivity index (χ3v) is 6.47. The van der Waals surface area contributed by atoms with Gasteiger partial charge in [-0.2, -0.15) is 0 Å². The molecule has 4 rings (SSSR count). The summed E-state index contributed by atoms with van der Waals surface area (Å²) in [5.41, 5.74) is 7.49. The van der Waals surface area contributed by atoms with E-state index >= 15 is 0 Å². The molecule has 0 saturated carbocycles. The van der Waals surface area contributed by atoms with Gasteiger partial charge in [-0.15, -0.1) is 0 Å². The molecule has 0 N–H and O–H groups in total. The number of nitrogens with zero attached hydrogens (tertiary/aromatic N) is 2. The molecule has 3 heteroatoms. The zero-order valence-electron chi connectivity index (χ0n) is 19.0. The van der Waals surface area contributed by atoms with Crippen LogP contribution < -0.4 is 0 Å². The zero-order chi connectivity index (χ0) is 21.8. The Balaban J connectivity index is 1.64. The van der Waals surface area contributed by atoms with Gasteiger partial charge in [-0.1, -0.05) is 102 Å². The van der Waals surface area contributed by atoms with E-state index in [9.17, 15) is 0 Å². The minimum atomic E-state index is 0.250. The molecule has 1 saturated heterocycles. The lowest BCUT2D eigenvalue weighted by Crippen LogP contribution is -2.42. The van der Waals surface area contributed by atoms with Crippen LogP contribution in [0.2, 0.25) is 0 Å². The van der Waals surface area contributed by atoms with Crippen LogP contribution in [0.4, 0.5) is 0 Å². The average molecular weight is 413 g/mol. The maximum atomic E-state index is 5.84. The second-order valence-corrected chi connectivity index (χ2v) is 8.78. The molecule has 1 aliphatic heterocycles. The third kappa shape index (κ3) is 4.88.